The summed E-state index contributed by atoms with van der Waals surface area (Å²) < 4.78 is 10.5. The molecule has 0 saturated carbocycles. The molecule has 10 nitrogen and oxygen atoms in total. The van der Waals surface area contributed by atoms with Gasteiger partial charge in [0.25, 0.3) is 5.91 Å². The molecule has 0 aromatic heterocycles. The van der Waals surface area contributed by atoms with Gasteiger partial charge in [-0.25, -0.2) is 9.89 Å². The number of fused-ring (bicyclic) bond motifs is 3. The normalized spacial score (nSPS) is 15.3. The monoisotopic (exact) mass is 571 g/mol. The standard InChI is InChI=1S/C30H29N5O5S/c1-39-21-13-11-20(12-14-21)32-27(37)18-41-30-34-23-9-5-4-8-22(23)28-33-24(29(38)35(28)30)15-16-26(36)31-17-19-7-3-6-10-25(19)40-2/h3-14,24H,15-18H2,1-2H3,(H,31,36)(H,32,37)/t24-/m1/s1. The number of rotatable bonds is 10. The van der Waals surface area contributed by atoms with Gasteiger partial charge in [-0.1, -0.05) is 42.1 Å². The molecule has 5 rings (SSSR count). The second-order valence-corrected chi connectivity index (χ2v) is 10.2. The van der Waals surface area contributed by atoms with Crippen molar-refractivity contribution in [2.24, 2.45) is 9.98 Å². The molecule has 0 saturated heterocycles. The van der Waals surface area contributed by atoms with Gasteiger partial charge in [0.2, 0.25) is 11.8 Å². The Morgan fingerprint density at radius 2 is 1.71 bits per heavy atom. The van der Waals surface area contributed by atoms with Crippen LogP contribution < -0.4 is 20.1 Å². The Balaban J connectivity index is 1.22. The van der Waals surface area contributed by atoms with Crippen molar-refractivity contribution >= 4 is 51.9 Å². The van der Waals surface area contributed by atoms with Gasteiger partial charge in [0.05, 0.1) is 25.7 Å². The van der Waals surface area contributed by atoms with E-state index in [1.54, 1.807) is 38.5 Å². The van der Waals surface area contributed by atoms with E-state index in [-0.39, 0.29) is 36.3 Å². The van der Waals surface area contributed by atoms with Crippen LogP contribution >= 0.6 is 11.8 Å². The van der Waals surface area contributed by atoms with Crippen LogP contribution in [0.25, 0.3) is 0 Å². The first kappa shape index (κ1) is 27.9. The van der Waals surface area contributed by atoms with Crippen molar-refractivity contribution < 1.29 is 23.9 Å². The number of hydrogen-bond acceptors (Lipinski definition) is 8. The second kappa shape index (κ2) is 12.7. The Bertz CT molecular complexity index is 1520. The molecule has 41 heavy (non-hydrogen) atoms. The molecule has 0 fully saturated rings. The maximum absolute atomic E-state index is 13.5. The molecule has 2 heterocycles. The molecule has 0 bridgehead atoms. The summed E-state index contributed by atoms with van der Waals surface area (Å²) in [6, 6.07) is 21.2. The minimum atomic E-state index is -0.730. The van der Waals surface area contributed by atoms with E-state index in [4.69, 9.17) is 14.5 Å². The highest BCUT2D eigenvalue weighted by Crippen LogP contribution is 2.34. The molecular formula is C30H29N5O5S. The highest BCUT2D eigenvalue weighted by molar-refractivity contribution is 8.14. The van der Waals surface area contributed by atoms with E-state index in [0.717, 1.165) is 22.9 Å². The molecule has 2 aliphatic heterocycles. The maximum atomic E-state index is 13.5. The molecule has 1 atom stereocenters. The average Bonchev–Trinajstić information content (AvgIpc) is 3.34. The van der Waals surface area contributed by atoms with Crippen molar-refractivity contribution in [1.82, 2.24) is 10.2 Å². The molecule has 3 aromatic carbocycles. The third kappa shape index (κ3) is 6.41. The van der Waals surface area contributed by atoms with Crippen LogP contribution in [0, 0.1) is 0 Å². The van der Waals surface area contributed by atoms with E-state index in [2.05, 4.69) is 15.6 Å². The Labute approximate surface area is 241 Å². The van der Waals surface area contributed by atoms with E-state index >= 15 is 0 Å². The van der Waals surface area contributed by atoms with Gasteiger partial charge in [-0.05, 0) is 48.9 Å². The Morgan fingerprint density at radius 1 is 0.951 bits per heavy atom. The van der Waals surface area contributed by atoms with Crippen molar-refractivity contribution in [2.45, 2.75) is 25.4 Å². The number of hydrogen-bond donors (Lipinski definition) is 2. The summed E-state index contributed by atoms with van der Waals surface area (Å²) in [5, 5.41) is 6.10. The predicted molar refractivity (Wildman–Crippen MR) is 159 cm³/mol. The first-order valence-corrected chi connectivity index (χ1v) is 14.0. The van der Waals surface area contributed by atoms with E-state index in [1.807, 2.05) is 48.5 Å². The first-order chi connectivity index (χ1) is 20.0. The van der Waals surface area contributed by atoms with Gasteiger partial charge < -0.3 is 20.1 Å². The topological polar surface area (TPSA) is 122 Å². The second-order valence-electron chi connectivity index (χ2n) is 9.25. The number of aliphatic imine (C=N–C) groups is 2. The number of benzene rings is 3. The zero-order chi connectivity index (χ0) is 28.8. The van der Waals surface area contributed by atoms with Crippen molar-refractivity contribution in [3.8, 4) is 11.5 Å². The van der Waals surface area contributed by atoms with Gasteiger partial charge in [-0.3, -0.25) is 19.4 Å². The lowest BCUT2D eigenvalue weighted by Crippen LogP contribution is -2.41. The number of nitrogens with one attached hydrogen (secondary N) is 2. The molecule has 3 amide bonds. The van der Waals surface area contributed by atoms with Crippen molar-refractivity contribution in [3.05, 3.63) is 83.9 Å². The third-order valence-corrected chi connectivity index (χ3v) is 7.51. The lowest BCUT2D eigenvalue weighted by Gasteiger charge is -2.25. The smallest absolute Gasteiger partial charge is 0.259 e. The van der Waals surface area contributed by atoms with E-state index in [9.17, 15) is 14.4 Å². The number of amides is 3. The number of carbonyl (C=O) groups is 3. The van der Waals surface area contributed by atoms with E-state index in [1.165, 1.54) is 4.90 Å². The lowest BCUT2D eigenvalue weighted by molar-refractivity contribution is -0.125. The molecule has 0 radical (unpaired) electrons. The van der Waals surface area contributed by atoms with Crippen LogP contribution in [0.3, 0.4) is 0 Å². The quantitative estimate of drug-likeness (QED) is 0.378. The van der Waals surface area contributed by atoms with Gasteiger partial charge in [-0.2, -0.15) is 0 Å². The van der Waals surface area contributed by atoms with E-state index < -0.39 is 6.04 Å². The summed E-state index contributed by atoms with van der Waals surface area (Å²) in [4.78, 5) is 49.6. The number of ether oxygens (including phenoxy) is 2. The van der Waals surface area contributed by atoms with Crippen LogP contribution in [0.5, 0.6) is 11.5 Å². The van der Waals surface area contributed by atoms with Crippen LogP contribution in [0.15, 0.2) is 82.8 Å². The van der Waals surface area contributed by atoms with Crippen molar-refractivity contribution in [1.29, 1.82) is 0 Å². The van der Waals surface area contributed by atoms with Crippen LogP contribution in [-0.4, -0.2) is 59.6 Å². The Hall–Kier alpha value is -4.64. The lowest BCUT2D eigenvalue weighted by atomic mass is 10.1. The molecular weight excluding hydrogens is 542 g/mol. The van der Waals surface area contributed by atoms with Crippen molar-refractivity contribution in [3.63, 3.8) is 0 Å². The van der Waals surface area contributed by atoms with Crippen molar-refractivity contribution in [2.75, 3.05) is 25.3 Å². The summed E-state index contributed by atoms with van der Waals surface area (Å²) in [5.41, 5.74) is 2.90. The molecule has 11 heteroatoms. The molecule has 3 aromatic rings. The van der Waals surface area contributed by atoms with Gasteiger partial charge in [0.1, 0.15) is 23.4 Å². The van der Waals surface area contributed by atoms with Crippen LogP contribution in [0.1, 0.15) is 24.0 Å². The van der Waals surface area contributed by atoms with Gasteiger partial charge in [0, 0.05) is 29.8 Å². The third-order valence-electron chi connectivity index (χ3n) is 6.57. The Kier molecular flexibility index (Phi) is 8.64. The molecule has 2 aliphatic rings. The largest absolute Gasteiger partial charge is 0.497 e. The zero-order valence-corrected chi connectivity index (χ0v) is 23.4. The average molecular weight is 572 g/mol. The Morgan fingerprint density at radius 3 is 2.49 bits per heavy atom. The molecule has 0 unspecified atom stereocenters. The minimum Gasteiger partial charge on any atom is -0.497 e. The van der Waals surface area contributed by atoms with E-state index in [0.29, 0.717) is 40.4 Å². The fraction of sp³-hybridized carbons (Fsp3) is 0.233. The molecule has 2 N–H and O–H groups in total. The summed E-state index contributed by atoms with van der Waals surface area (Å²) >= 11 is 1.16. The number of thioether (sulfide) groups is 1. The van der Waals surface area contributed by atoms with Crippen LogP contribution in [-0.2, 0) is 20.9 Å². The highest BCUT2D eigenvalue weighted by atomic mass is 32.2. The summed E-state index contributed by atoms with van der Waals surface area (Å²) in [6.07, 6.45) is 0.371. The van der Waals surface area contributed by atoms with Crippen LogP contribution in [0.2, 0.25) is 0 Å². The number of para-hydroxylation sites is 2. The summed E-state index contributed by atoms with van der Waals surface area (Å²) in [6.45, 7) is 0.321. The van der Waals surface area contributed by atoms with Gasteiger partial charge in [-0.15, -0.1) is 0 Å². The first-order valence-electron chi connectivity index (χ1n) is 13.0. The predicted octanol–water partition coefficient (Wildman–Crippen LogP) is 4.13. The maximum Gasteiger partial charge on any atom is 0.259 e. The fourth-order valence-electron chi connectivity index (χ4n) is 4.49. The molecule has 210 valence electrons. The number of amidine groups is 2. The number of anilines is 1. The summed E-state index contributed by atoms with van der Waals surface area (Å²) in [7, 11) is 3.16. The number of methoxy groups -OCH3 is 2. The number of carbonyl (C=O) groups excluding carboxylic acids is 3. The number of nitrogens with zero attached hydrogens (tertiary/aromatic N) is 3. The highest BCUT2D eigenvalue weighted by Gasteiger charge is 2.41. The summed E-state index contributed by atoms with van der Waals surface area (Å²) in [5.74, 6) is 1.22. The molecule has 0 aliphatic carbocycles. The minimum absolute atomic E-state index is 0.0418. The SMILES string of the molecule is COc1ccc(NC(=O)CSC2=Nc3ccccc3C3=N[C@H](CCC(=O)NCc4ccccc4OC)C(=O)N23)cc1. The van der Waals surface area contributed by atoms with Crippen LogP contribution in [0.4, 0.5) is 11.4 Å². The van der Waals surface area contributed by atoms with Gasteiger partial charge >= 0.3 is 0 Å². The fourth-order valence-corrected chi connectivity index (χ4v) is 5.29. The van der Waals surface area contributed by atoms with Gasteiger partial charge in [0.15, 0.2) is 5.17 Å². The molecule has 0 spiro atoms. The zero-order valence-electron chi connectivity index (χ0n) is 22.6.